The highest BCUT2D eigenvalue weighted by Gasteiger charge is 2.26. The molecule has 24 heavy (non-hydrogen) atoms. The molecule has 136 valence electrons. The fraction of sp³-hybridized carbons (Fsp3) is 0.632. The highest BCUT2D eigenvalue weighted by atomic mass is 16.3. The largest absolute Gasteiger partial charge is 0.508 e. The molecular formula is C19H31NO4. The van der Waals surface area contributed by atoms with Crippen LogP contribution in [0.2, 0.25) is 0 Å². The molecular weight excluding hydrogens is 306 g/mol. The van der Waals surface area contributed by atoms with E-state index in [4.69, 9.17) is 0 Å². The van der Waals surface area contributed by atoms with Crippen molar-refractivity contribution in [2.24, 2.45) is 0 Å². The first-order chi connectivity index (χ1) is 11.1. The number of phenols is 1. The van der Waals surface area contributed by atoms with Gasteiger partial charge in [0.05, 0.1) is 18.8 Å². The van der Waals surface area contributed by atoms with E-state index in [1.165, 1.54) is 0 Å². The first kappa shape index (κ1) is 20.5. The van der Waals surface area contributed by atoms with Gasteiger partial charge in [-0.1, -0.05) is 39.8 Å². The van der Waals surface area contributed by atoms with Crippen molar-refractivity contribution >= 4 is 5.91 Å². The van der Waals surface area contributed by atoms with Crippen LogP contribution in [-0.2, 0) is 10.2 Å². The number of carbonyl (C=O) groups is 1. The van der Waals surface area contributed by atoms with Gasteiger partial charge in [0.2, 0.25) is 5.91 Å². The number of phenolic OH excluding ortho intramolecular Hbond substituents is 1. The Labute approximate surface area is 144 Å². The maximum atomic E-state index is 12.3. The third-order valence-corrected chi connectivity index (χ3v) is 4.36. The van der Waals surface area contributed by atoms with E-state index in [2.05, 4.69) is 5.32 Å². The minimum absolute atomic E-state index is 0.00772. The Bertz CT molecular complexity index is 559. The second kappa shape index (κ2) is 7.99. The Kier molecular flexibility index (Phi) is 6.81. The molecule has 0 aliphatic rings. The number of aliphatic hydroxyl groups is 2. The summed E-state index contributed by atoms with van der Waals surface area (Å²) in [4.78, 5) is 12.3. The minimum atomic E-state index is -1.01. The summed E-state index contributed by atoms with van der Waals surface area (Å²) >= 11 is 0. The van der Waals surface area contributed by atoms with E-state index < -0.39 is 5.54 Å². The first-order valence-electron chi connectivity index (χ1n) is 8.42. The molecule has 0 heterocycles. The van der Waals surface area contributed by atoms with Gasteiger partial charge in [-0.2, -0.15) is 0 Å². The molecule has 0 fully saturated rings. The number of hydrogen-bond acceptors (Lipinski definition) is 4. The number of rotatable bonds is 7. The molecule has 1 rings (SSSR count). The Morgan fingerprint density at radius 1 is 1.17 bits per heavy atom. The van der Waals surface area contributed by atoms with Crippen molar-refractivity contribution in [2.75, 3.05) is 13.2 Å². The van der Waals surface area contributed by atoms with E-state index in [1.807, 2.05) is 39.8 Å². The molecule has 1 amide bonds. The van der Waals surface area contributed by atoms with Crippen LogP contribution >= 0.6 is 0 Å². The fourth-order valence-electron chi connectivity index (χ4n) is 2.65. The average molecular weight is 337 g/mol. The fourth-order valence-corrected chi connectivity index (χ4v) is 2.65. The molecule has 0 aromatic heterocycles. The summed E-state index contributed by atoms with van der Waals surface area (Å²) in [6, 6.07) is 5.50. The van der Waals surface area contributed by atoms with Crippen LogP contribution in [0.3, 0.4) is 0 Å². The van der Waals surface area contributed by atoms with Crippen LogP contribution in [0.1, 0.15) is 64.5 Å². The smallest absolute Gasteiger partial charge is 0.221 e. The van der Waals surface area contributed by atoms with Crippen LogP contribution in [0.5, 0.6) is 5.75 Å². The summed E-state index contributed by atoms with van der Waals surface area (Å²) in [5, 5.41) is 31.4. The number of nitrogens with one attached hydrogen (secondary N) is 1. The Morgan fingerprint density at radius 2 is 1.75 bits per heavy atom. The van der Waals surface area contributed by atoms with Crippen LogP contribution in [0.15, 0.2) is 18.2 Å². The molecule has 1 unspecified atom stereocenters. The number of aromatic hydroxyl groups is 1. The lowest BCUT2D eigenvalue weighted by molar-refractivity contribution is -0.124. The van der Waals surface area contributed by atoms with E-state index in [1.54, 1.807) is 13.0 Å². The number of benzene rings is 1. The standard InChI is InChI=1S/C19H31NO4/c1-6-13(10-17(24)20-19(5,11-21)12-22)14-7-8-16(23)15(9-14)18(2,3)4/h7-9,13,21-23H,6,10-12H2,1-5H3,(H,20,24). The van der Waals surface area contributed by atoms with E-state index in [-0.39, 0.29) is 42.6 Å². The summed E-state index contributed by atoms with van der Waals surface area (Å²) < 4.78 is 0. The van der Waals surface area contributed by atoms with E-state index in [0.29, 0.717) is 0 Å². The first-order valence-corrected chi connectivity index (χ1v) is 8.42. The summed E-state index contributed by atoms with van der Waals surface area (Å²) in [6.45, 7) is 9.08. The van der Waals surface area contributed by atoms with Gasteiger partial charge in [0.25, 0.3) is 0 Å². The Balaban J connectivity index is 2.97. The second-order valence-corrected chi connectivity index (χ2v) is 7.76. The van der Waals surface area contributed by atoms with Gasteiger partial charge in [-0.25, -0.2) is 0 Å². The Morgan fingerprint density at radius 3 is 2.21 bits per heavy atom. The Hall–Kier alpha value is -1.59. The maximum Gasteiger partial charge on any atom is 0.221 e. The third kappa shape index (κ3) is 5.21. The number of carbonyl (C=O) groups excluding carboxylic acids is 1. The van der Waals surface area contributed by atoms with Gasteiger partial charge in [-0.05, 0) is 41.9 Å². The SMILES string of the molecule is CCC(CC(=O)NC(C)(CO)CO)c1ccc(O)c(C(C)(C)C)c1. The van der Waals surface area contributed by atoms with Crippen molar-refractivity contribution < 1.29 is 20.1 Å². The average Bonchev–Trinajstić information content (AvgIpc) is 2.52. The molecule has 0 aliphatic carbocycles. The summed E-state index contributed by atoms with van der Waals surface area (Å²) in [5.74, 6) is 0.0601. The molecule has 0 saturated heterocycles. The van der Waals surface area contributed by atoms with Crippen molar-refractivity contribution in [3.05, 3.63) is 29.3 Å². The highest BCUT2D eigenvalue weighted by Crippen LogP contribution is 2.34. The molecule has 4 N–H and O–H groups in total. The number of aliphatic hydroxyl groups excluding tert-OH is 2. The van der Waals surface area contributed by atoms with Crippen LogP contribution in [-0.4, -0.2) is 40.0 Å². The molecule has 5 heteroatoms. The summed E-state index contributed by atoms with van der Waals surface area (Å²) in [6.07, 6.45) is 1.04. The van der Waals surface area contributed by atoms with Crippen LogP contribution in [0.25, 0.3) is 0 Å². The monoisotopic (exact) mass is 337 g/mol. The maximum absolute atomic E-state index is 12.3. The van der Waals surface area contributed by atoms with Gasteiger partial charge in [0.1, 0.15) is 5.75 Å². The molecule has 0 saturated carbocycles. The van der Waals surface area contributed by atoms with Crippen LogP contribution in [0.4, 0.5) is 0 Å². The highest BCUT2D eigenvalue weighted by molar-refractivity contribution is 5.77. The van der Waals surface area contributed by atoms with Gasteiger partial charge >= 0.3 is 0 Å². The van der Waals surface area contributed by atoms with Gasteiger partial charge < -0.3 is 20.6 Å². The topological polar surface area (TPSA) is 89.8 Å². The lowest BCUT2D eigenvalue weighted by Crippen LogP contribution is -2.52. The molecule has 0 bridgehead atoms. The normalized spacial score (nSPS) is 13.6. The lowest BCUT2D eigenvalue weighted by atomic mass is 9.82. The molecule has 0 radical (unpaired) electrons. The van der Waals surface area contributed by atoms with Crippen molar-refractivity contribution in [1.82, 2.24) is 5.32 Å². The zero-order valence-corrected chi connectivity index (χ0v) is 15.4. The van der Waals surface area contributed by atoms with Crippen molar-refractivity contribution in [3.8, 4) is 5.75 Å². The number of amides is 1. The quantitative estimate of drug-likeness (QED) is 0.615. The lowest BCUT2D eigenvalue weighted by Gasteiger charge is -2.28. The molecule has 0 spiro atoms. The molecule has 5 nitrogen and oxygen atoms in total. The van der Waals surface area contributed by atoms with E-state index in [9.17, 15) is 20.1 Å². The van der Waals surface area contributed by atoms with Crippen molar-refractivity contribution in [2.45, 2.75) is 64.3 Å². The van der Waals surface area contributed by atoms with Gasteiger partial charge in [0.15, 0.2) is 0 Å². The van der Waals surface area contributed by atoms with Crippen LogP contribution in [0, 0.1) is 0 Å². The summed E-state index contributed by atoms with van der Waals surface area (Å²) in [5.41, 5.74) is 0.660. The zero-order chi connectivity index (χ0) is 18.5. The molecule has 0 aliphatic heterocycles. The zero-order valence-electron chi connectivity index (χ0n) is 15.4. The van der Waals surface area contributed by atoms with Gasteiger partial charge in [-0.15, -0.1) is 0 Å². The van der Waals surface area contributed by atoms with E-state index >= 15 is 0 Å². The second-order valence-electron chi connectivity index (χ2n) is 7.76. The van der Waals surface area contributed by atoms with Gasteiger partial charge in [0, 0.05) is 6.42 Å². The molecule has 1 atom stereocenters. The molecule has 1 aromatic carbocycles. The predicted octanol–water partition coefficient (Wildman–Crippen LogP) is 2.43. The third-order valence-electron chi connectivity index (χ3n) is 4.36. The van der Waals surface area contributed by atoms with Crippen LogP contribution < -0.4 is 5.32 Å². The molecule has 1 aromatic rings. The number of hydrogen-bond donors (Lipinski definition) is 4. The van der Waals surface area contributed by atoms with Crippen molar-refractivity contribution in [3.63, 3.8) is 0 Å². The van der Waals surface area contributed by atoms with Crippen molar-refractivity contribution in [1.29, 1.82) is 0 Å². The minimum Gasteiger partial charge on any atom is -0.508 e. The predicted molar refractivity (Wildman–Crippen MR) is 95.2 cm³/mol. The van der Waals surface area contributed by atoms with Gasteiger partial charge in [-0.3, -0.25) is 4.79 Å². The summed E-state index contributed by atoms with van der Waals surface area (Å²) in [7, 11) is 0. The van der Waals surface area contributed by atoms with E-state index in [0.717, 1.165) is 17.5 Å².